The summed E-state index contributed by atoms with van der Waals surface area (Å²) in [5.74, 6) is 1.81. The van der Waals surface area contributed by atoms with Crippen molar-refractivity contribution in [2.24, 2.45) is 17.6 Å². The molecule has 0 spiro atoms. The lowest BCUT2D eigenvalue weighted by molar-refractivity contribution is 0.295. The van der Waals surface area contributed by atoms with Gasteiger partial charge in [-0.1, -0.05) is 26.0 Å². The highest BCUT2D eigenvalue weighted by Gasteiger charge is 2.18. The molecule has 0 aromatic carbocycles. The fourth-order valence-corrected chi connectivity index (χ4v) is 2.04. The van der Waals surface area contributed by atoms with E-state index in [1.54, 1.807) is 0 Å². The van der Waals surface area contributed by atoms with Crippen molar-refractivity contribution in [1.82, 2.24) is 0 Å². The van der Waals surface area contributed by atoms with Crippen LogP contribution in [0.15, 0.2) is 0 Å². The summed E-state index contributed by atoms with van der Waals surface area (Å²) in [5, 5.41) is 0. The molecule has 1 radical (unpaired) electrons. The second kappa shape index (κ2) is 4.81. The highest BCUT2D eigenvalue weighted by atomic mass is 14.5. The Bertz CT molecular complexity index is 97.7. The van der Waals surface area contributed by atoms with Gasteiger partial charge in [-0.25, -0.2) is 0 Å². The van der Waals surface area contributed by atoms with Crippen LogP contribution in [0.2, 0.25) is 13.1 Å². The van der Waals surface area contributed by atoms with E-state index in [1.165, 1.54) is 32.0 Å². The number of hydrogen-bond donors (Lipinski definition) is 1. The molecule has 0 saturated heterocycles. The summed E-state index contributed by atoms with van der Waals surface area (Å²) in [6, 6.07) is 0. The molecule has 1 saturated carbocycles. The van der Waals surface area contributed by atoms with E-state index in [4.69, 9.17) is 5.73 Å². The molecule has 2 N–H and O–H groups in total. The first-order valence-electron chi connectivity index (χ1n) is 4.84. The van der Waals surface area contributed by atoms with Crippen LogP contribution >= 0.6 is 0 Å². The van der Waals surface area contributed by atoms with Crippen LogP contribution in [0.3, 0.4) is 0 Å². The van der Waals surface area contributed by atoms with E-state index in [0.717, 1.165) is 18.4 Å². The van der Waals surface area contributed by atoms with Crippen LogP contribution in [-0.4, -0.2) is 13.8 Å². The Labute approximate surface area is 71.0 Å². The Balaban J connectivity index is 2.14. The van der Waals surface area contributed by atoms with E-state index in [1.807, 2.05) is 0 Å². The minimum atomic E-state index is 0.836. The van der Waals surface area contributed by atoms with Crippen molar-refractivity contribution in [3.63, 3.8) is 0 Å². The maximum absolute atomic E-state index is 5.61. The zero-order valence-corrected chi connectivity index (χ0v) is 7.55. The SMILES string of the molecule is C[B]CC1CCC(CN)CC1. The molecule has 0 atom stereocenters. The van der Waals surface area contributed by atoms with Gasteiger partial charge in [0.2, 0.25) is 0 Å². The van der Waals surface area contributed by atoms with Crippen molar-refractivity contribution < 1.29 is 0 Å². The van der Waals surface area contributed by atoms with Gasteiger partial charge in [0.1, 0.15) is 7.28 Å². The lowest BCUT2D eigenvalue weighted by Gasteiger charge is -2.27. The van der Waals surface area contributed by atoms with Gasteiger partial charge in [-0.3, -0.25) is 0 Å². The van der Waals surface area contributed by atoms with Crippen molar-refractivity contribution in [3.8, 4) is 0 Å². The molecule has 0 bridgehead atoms. The average molecular weight is 152 g/mol. The van der Waals surface area contributed by atoms with Gasteiger partial charge in [0.05, 0.1) is 0 Å². The van der Waals surface area contributed by atoms with Gasteiger partial charge >= 0.3 is 0 Å². The monoisotopic (exact) mass is 152 g/mol. The van der Waals surface area contributed by atoms with Crippen LogP contribution in [0, 0.1) is 11.8 Å². The molecule has 0 unspecified atom stereocenters. The van der Waals surface area contributed by atoms with Gasteiger partial charge in [-0.15, -0.1) is 0 Å². The van der Waals surface area contributed by atoms with E-state index < -0.39 is 0 Å². The number of nitrogens with two attached hydrogens (primary N) is 1. The van der Waals surface area contributed by atoms with Gasteiger partial charge in [0.25, 0.3) is 0 Å². The molecule has 2 heteroatoms. The number of rotatable bonds is 3. The largest absolute Gasteiger partial charge is 0.330 e. The third-order valence-electron chi connectivity index (χ3n) is 2.87. The predicted molar refractivity (Wildman–Crippen MR) is 50.9 cm³/mol. The van der Waals surface area contributed by atoms with Crippen LogP contribution in [0.4, 0.5) is 0 Å². The molecular weight excluding hydrogens is 133 g/mol. The van der Waals surface area contributed by atoms with Crippen molar-refractivity contribution in [2.75, 3.05) is 6.54 Å². The highest BCUT2D eigenvalue weighted by Crippen LogP contribution is 2.30. The summed E-state index contributed by atoms with van der Waals surface area (Å²) in [5.41, 5.74) is 5.61. The molecule has 1 fully saturated rings. The van der Waals surface area contributed by atoms with E-state index in [2.05, 4.69) is 14.1 Å². The lowest BCUT2D eigenvalue weighted by atomic mass is 9.67. The van der Waals surface area contributed by atoms with Crippen LogP contribution in [0.5, 0.6) is 0 Å². The van der Waals surface area contributed by atoms with E-state index in [9.17, 15) is 0 Å². The van der Waals surface area contributed by atoms with Crippen molar-refractivity contribution >= 4 is 7.28 Å². The molecule has 63 valence electrons. The van der Waals surface area contributed by atoms with Gasteiger partial charge in [0.15, 0.2) is 0 Å². The highest BCUT2D eigenvalue weighted by molar-refractivity contribution is 6.33. The molecule has 11 heavy (non-hydrogen) atoms. The molecule has 0 aliphatic heterocycles. The Morgan fingerprint density at radius 1 is 1.18 bits per heavy atom. The van der Waals surface area contributed by atoms with Crippen LogP contribution in [-0.2, 0) is 0 Å². The topological polar surface area (TPSA) is 26.0 Å². The zero-order valence-electron chi connectivity index (χ0n) is 7.55. The molecule has 1 aliphatic carbocycles. The molecule has 1 nitrogen and oxygen atoms in total. The van der Waals surface area contributed by atoms with Gasteiger partial charge in [-0.05, 0) is 31.2 Å². The molecule has 1 rings (SSSR count). The third kappa shape index (κ3) is 2.86. The summed E-state index contributed by atoms with van der Waals surface area (Å²) in [4.78, 5) is 0. The minimum absolute atomic E-state index is 0.836. The average Bonchev–Trinajstić information content (AvgIpc) is 2.07. The normalized spacial score (nSPS) is 31.8. The van der Waals surface area contributed by atoms with Crippen LogP contribution in [0.25, 0.3) is 0 Å². The van der Waals surface area contributed by atoms with Gasteiger partial charge in [0, 0.05) is 0 Å². The second-order valence-corrected chi connectivity index (χ2v) is 3.77. The predicted octanol–water partition coefficient (Wildman–Crippen LogP) is 1.92. The fraction of sp³-hybridized carbons (Fsp3) is 1.00. The lowest BCUT2D eigenvalue weighted by Crippen LogP contribution is -2.21. The van der Waals surface area contributed by atoms with Crippen molar-refractivity contribution in [2.45, 2.75) is 38.8 Å². The first-order chi connectivity index (χ1) is 5.36. The molecule has 1 aliphatic rings. The summed E-state index contributed by atoms with van der Waals surface area (Å²) >= 11 is 0. The second-order valence-electron chi connectivity index (χ2n) is 3.77. The quantitative estimate of drug-likeness (QED) is 0.614. The summed E-state index contributed by atoms with van der Waals surface area (Å²) in [6.45, 7) is 3.07. The first kappa shape index (κ1) is 9.12. The Morgan fingerprint density at radius 3 is 2.18 bits per heavy atom. The number of hydrogen-bond acceptors (Lipinski definition) is 1. The third-order valence-corrected chi connectivity index (χ3v) is 2.87. The van der Waals surface area contributed by atoms with Gasteiger partial charge < -0.3 is 5.73 Å². The molecule has 0 aromatic heterocycles. The standard InChI is InChI=1S/C9H19BN/c1-10-6-8-2-4-9(7-11)5-3-8/h8-9H,2-7,11H2,1H3. The van der Waals surface area contributed by atoms with Crippen molar-refractivity contribution in [3.05, 3.63) is 0 Å². The molecule has 0 aromatic rings. The summed E-state index contributed by atoms with van der Waals surface area (Å²) < 4.78 is 0. The Morgan fingerprint density at radius 2 is 1.73 bits per heavy atom. The van der Waals surface area contributed by atoms with Crippen molar-refractivity contribution in [1.29, 1.82) is 0 Å². The first-order valence-corrected chi connectivity index (χ1v) is 4.84. The minimum Gasteiger partial charge on any atom is -0.330 e. The zero-order chi connectivity index (χ0) is 8.10. The summed E-state index contributed by atoms with van der Waals surface area (Å²) in [6.07, 6.45) is 6.87. The maximum atomic E-state index is 5.61. The fourth-order valence-electron chi connectivity index (χ4n) is 2.04. The van der Waals surface area contributed by atoms with Crippen LogP contribution < -0.4 is 5.73 Å². The van der Waals surface area contributed by atoms with Gasteiger partial charge in [-0.2, -0.15) is 0 Å². The molecule has 0 heterocycles. The van der Waals surface area contributed by atoms with E-state index in [-0.39, 0.29) is 0 Å². The smallest absolute Gasteiger partial charge is 0.106 e. The summed E-state index contributed by atoms with van der Waals surface area (Å²) in [7, 11) is 2.30. The Hall–Kier alpha value is 0.0249. The molecular formula is C9H19BN. The van der Waals surface area contributed by atoms with Crippen LogP contribution in [0.1, 0.15) is 25.7 Å². The van der Waals surface area contributed by atoms with E-state index >= 15 is 0 Å². The molecule has 0 amide bonds. The maximum Gasteiger partial charge on any atom is 0.106 e. The van der Waals surface area contributed by atoms with E-state index in [0.29, 0.717) is 0 Å². The Kier molecular flexibility index (Phi) is 3.99.